The summed E-state index contributed by atoms with van der Waals surface area (Å²) >= 11 is 1.33. The van der Waals surface area contributed by atoms with E-state index in [9.17, 15) is 14.9 Å². The first kappa shape index (κ1) is 16.4. The van der Waals surface area contributed by atoms with E-state index in [1.165, 1.54) is 23.5 Å². The van der Waals surface area contributed by atoms with Crippen LogP contribution in [-0.4, -0.2) is 30.1 Å². The summed E-state index contributed by atoms with van der Waals surface area (Å²) in [6, 6.07) is 6.29. The number of hydrogen-bond acceptors (Lipinski definition) is 5. The summed E-state index contributed by atoms with van der Waals surface area (Å²) in [5, 5.41) is 14.3. The minimum absolute atomic E-state index is 0.0306. The lowest BCUT2D eigenvalue weighted by molar-refractivity contribution is -0.384. The second kappa shape index (κ2) is 7.33. The van der Waals surface area contributed by atoms with Crippen molar-refractivity contribution in [3.05, 3.63) is 39.3 Å². The van der Waals surface area contributed by atoms with Crippen LogP contribution < -0.4 is 5.32 Å². The number of nitro groups is 1. The highest BCUT2D eigenvalue weighted by molar-refractivity contribution is 7.20. The van der Waals surface area contributed by atoms with E-state index >= 15 is 0 Å². The van der Waals surface area contributed by atoms with E-state index in [1.54, 1.807) is 12.1 Å². The molecule has 2 rings (SSSR count). The molecule has 0 spiro atoms. The molecule has 0 aliphatic rings. The maximum Gasteiger partial charge on any atom is 0.270 e. The van der Waals surface area contributed by atoms with Crippen molar-refractivity contribution in [1.82, 2.24) is 5.32 Å². The van der Waals surface area contributed by atoms with Crippen LogP contribution in [-0.2, 0) is 4.74 Å². The number of hydrogen-bond donors (Lipinski definition) is 1. The van der Waals surface area contributed by atoms with Gasteiger partial charge in [0.25, 0.3) is 11.6 Å². The molecule has 0 saturated heterocycles. The molecule has 1 heterocycles. The monoisotopic (exact) mass is 322 g/mol. The molecule has 118 valence electrons. The normalized spacial score (nSPS) is 11.0. The molecule has 0 radical (unpaired) electrons. The average molecular weight is 322 g/mol. The summed E-state index contributed by atoms with van der Waals surface area (Å²) in [4.78, 5) is 22.9. The molecule has 0 aliphatic carbocycles. The Labute approximate surface area is 132 Å². The van der Waals surface area contributed by atoms with Crippen LogP contribution in [0.4, 0.5) is 5.69 Å². The van der Waals surface area contributed by atoms with Gasteiger partial charge < -0.3 is 10.1 Å². The van der Waals surface area contributed by atoms with Gasteiger partial charge in [0.15, 0.2) is 0 Å². The quantitative estimate of drug-likeness (QED) is 0.481. The van der Waals surface area contributed by atoms with Crippen molar-refractivity contribution in [2.75, 3.05) is 13.2 Å². The third-order valence-corrected chi connectivity index (χ3v) is 4.11. The van der Waals surface area contributed by atoms with Crippen molar-refractivity contribution in [3.8, 4) is 0 Å². The third kappa shape index (κ3) is 4.25. The predicted octanol–water partition coefficient (Wildman–Crippen LogP) is 3.35. The van der Waals surface area contributed by atoms with Gasteiger partial charge in [0, 0.05) is 35.4 Å². The molecule has 0 atom stereocenters. The lowest BCUT2D eigenvalue weighted by Gasteiger charge is -2.07. The summed E-state index contributed by atoms with van der Waals surface area (Å²) in [6.07, 6.45) is 0.939. The lowest BCUT2D eigenvalue weighted by Crippen LogP contribution is -2.24. The topological polar surface area (TPSA) is 81.5 Å². The molecule has 0 fully saturated rings. The Morgan fingerprint density at radius 3 is 2.86 bits per heavy atom. The Hall–Kier alpha value is -1.99. The molecule has 1 amide bonds. The molecular formula is C15H18N2O4S. The Balaban J connectivity index is 1.95. The number of carbonyl (C=O) groups is 1. The van der Waals surface area contributed by atoms with Gasteiger partial charge in [-0.3, -0.25) is 14.9 Å². The first-order chi connectivity index (χ1) is 10.5. The number of fused-ring (bicyclic) bond motifs is 1. The minimum atomic E-state index is -0.439. The van der Waals surface area contributed by atoms with E-state index in [0.717, 1.165) is 11.1 Å². The average Bonchev–Trinajstić information content (AvgIpc) is 2.89. The molecule has 0 aliphatic heterocycles. The minimum Gasteiger partial charge on any atom is -0.379 e. The zero-order valence-electron chi connectivity index (χ0n) is 12.5. The predicted molar refractivity (Wildman–Crippen MR) is 86.5 cm³/mol. The molecule has 0 bridgehead atoms. The van der Waals surface area contributed by atoms with E-state index in [2.05, 4.69) is 5.32 Å². The molecule has 1 aromatic heterocycles. The van der Waals surface area contributed by atoms with Crippen molar-refractivity contribution < 1.29 is 14.5 Å². The van der Waals surface area contributed by atoms with Gasteiger partial charge in [0.2, 0.25) is 0 Å². The van der Waals surface area contributed by atoms with E-state index < -0.39 is 4.92 Å². The first-order valence-corrected chi connectivity index (χ1v) is 7.87. The Kier molecular flexibility index (Phi) is 5.46. The van der Waals surface area contributed by atoms with Crippen LogP contribution in [0.2, 0.25) is 0 Å². The molecule has 1 N–H and O–H groups in total. The van der Waals surface area contributed by atoms with Crippen LogP contribution in [0.25, 0.3) is 10.1 Å². The molecular weight excluding hydrogens is 304 g/mol. The number of benzene rings is 1. The number of nitro benzene ring substituents is 1. The molecule has 6 nitrogen and oxygen atoms in total. The van der Waals surface area contributed by atoms with Gasteiger partial charge in [-0.25, -0.2) is 0 Å². The molecule has 0 saturated carbocycles. The molecule has 2 aromatic rings. The van der Waals surface area contributed by atoms with Gasteiger partial charge in [-0.15, -0.1) is 11.3 Å². The number of rotatable bonds is 7. The second-order valence-corrected chi connectivity index (χ2v) is 6.20. The highest BCUT2D eigenvalue weighted by atomic mass is 32.1. The number of nitrogens with zero attached hydrogens (tertiary/aromatic N) is 1. The number of amides is 1. The van der Waals surface area contributed by atoms with Gasteiger partial charge in [-0.2, -0.15) is 0 Å². The number of non-ortho nitro benzene ring substituents is 1. The standard InChI is InChI=1S/C15H18N2O4S/c1-10(2)21-7-3-6-16-15(18)14-9-11-8-12(17(19)20)4-5-13(11)22-14/h4-5,8-10H,3,6-7H2,1-2H3,(H,16,18). The first-order valence-electron chi connectivity index (χ1n) is 7.05. The van der Waals surface area contributed by atoms with Crippen LogP contribution in [0.5, 0.6) is 0 Å². The summed E-state index contributed by atoms with van der Waals surface area (Å²) < 4.78 is 6.26. The Morgan fingerprint density at radius 2 is 2.18 bits per heavy atom. The van der Waals surface area contributed by atoms with Gasteiger partial charge in [-0.1, -0.05) is 0 Å². The van der Waals surface area contributed by atoms with Crippen LogP contribution in [0, 0.1) is 10.1 Å². The fourth-order valence-electron chi connectivity index (χ4n) is 1.94. The number of thiophene rings is 1. The number of carbonyl (C=O) groups excluding carboxylic acids is 1. The zero-order chi connectivity index (χ0) is 16.1. The fraction of sp³-hybridized carbons (Fsp3) is 0.400. The Bertz CT molecular complexity index is 681. The van der Waals surface area contributed by atoms with E-state index in [-0.39, 0.29) is 17.7 Å². The van der Waals surface area contributed by atoms with Crippen molar-refractivity contribution >= 4 is 33.0 Å². The molecule has 1 aromatic carbocycles. The van der Waals surface area contributed by atoms with Crippen molar-refractivity contribution in [3.63, 3.8) is 0 Å². The van der Waals surface area contributed by atoms with Gasteiger partial charge >= 0.3 is 0 Å². The van der Waals surface area contributed by atoms with Crippen molar-refractivity contribution in [2.45, 2.75) is 26.4 Å². The van der Waals surface area contributed by atoms with Crippen LogP contribution in [0.3, 0.4) is 0 Å². The summed E-state index contributed by atoms with van der Waals surface area (Å²) in [6.45, 7) is 5.08. The Morgan fingerprint density at radius 1 is 1.41 bits per heavy atom. The van der Waals surface area contributed by atoms with E-state index in [1.807, 2.05) is 13.8 Å². The zero-order valence-corrected chi connectivity index (χ0v) is 13.3. The largest absolute Gasteiger partial charge is 0.379 e. The smallest absolute Gasteiger partial charge is 0.270 e. The van der Waals surface area contributed by atoms with Gasteiger partial charge in [0.05, 0.1) is 15.9 Å². The summed E-state index contributed by atoms with van der Waals surface area (Å²) in [7, 11) is 0. The summed E-state index contributed by atoms with van der Waals surface area (Å²) in [5.74, 6) is -0.159. The maximum absolute atomic E-state index is 12.1. The fourth-order valence-corrected chi connectivity index (χ4v) is 2.90. The maximum atomic E-state index is 12.1. The SMILES string of the molecule is CC(C)OCCCNC(=O)c1cc2cc([N+](=O)[O-])ccc2s1. The molecule has 7 heteroatoms. The molecule has 0 unspecified atom stereocenters. The van der Waals surface area contributed by atoms with Crippen LogP contribution >= 0.6 is 11.3 Å². The van der Waals surface area contributed by atoms with E-state index in [4.69, 9.17) is 4.74 Å². The van der Waals surface area contributed by atoms with E-state index in [0.29, 0.717) is 23.4 Å². The lowest BCUT2D eigenvalue weighted by atomic mass is 10.2. The van der Waals surface area contributed by atoms with Crippen LogP contribution in [0.1, 0.15) is 29.9 Å². The molecule has 22 heavy (non-hydrogen) atoms. The van der Waals surface area contributed by atoms with Gasteiger partial charge in [-0.05, 0) is 32.4 Å². The highest BCUT2D eigenvalue weighted by Gasteiger charge is 2.12. The summed E-state index contributed by atoms with van der Waals surface area (Å²) in [5.41, 5.74) is 0.0306. The number of ether oxygens (including phenoxy) is 1. The van der Waals surface area contributed by atoms with Crippen LogP contribution in [0.15, 0.2) is 24.3 Å². The number of nitrogens with one attached hydrogen (secondary N) is 1. The van der Waals surface area contributed by atoms with Crippen molar-refractivity contribution in [1.29, 1.82) is 0 Å². The van der Waals surface area contributed by atoms with Crippen molar-refractivity contribution in [2.24, 2.45) is 0 Å². The third-order valence-electron chi connectivity index (χ3n) is 2.99. The second-order valence-electron chi connectivity index (χ2n) is 5.12. The highest BCUT2D eigenvalue weighted by Crippen LogP contribution is 2.28. The van der Waals surface area contributed by atoms with Gasteiger partial charge in [0.1, 0.15) is 0 Å².